The molecule has 0 unspecified atom stereocenters. The Labute approximate surface area is 114 Å². The van der Waals surface area contributed by atoms with Crippen molar-refractivity contribution in [2.24, 2.45) is 0 Å². The molecule has 2 rings (SSSR count). The molecule has 0 bridgehead atoms. The van der Waals surface area contributed by atoms with Gasteiger partial charge in [-0.1, -0.05) is 18.6 Å². The van der Waals surface area contributed by atoms with Gasteiger partial charge in [0.1, 0.15) is 11.9 Å². The third-order valence-corrected chi connectivity index (χ3v) is 3.60. The summed E-state index contributed by atoms with van der Waals surface area (Å²) in [6.07, 6.45) is 7.04. The summed E-state index contributed by atoms with van der Waals surface area (Å²) in [6.45, 7) is 0. The van der Waals surface area contributed by atoms with Crippen molar-refractivity contribution in [2.45, 2.75) is 51.0 Å². The van der Waals surface area contributed by atoms with E-state index in [-0.39, 0.29) is 12.1 Å². The van der Waals surface area contributed by atoms with E-state index in [4.69, 9.17) is 9.47 Å². The number of benzene rings is 1. The standard InChI is InChI=1S/C16H22O3/c1-18-15-9-5-6-13(12-15)10-11-16(17)19-14-7-3-2-4-8-14/h5-6,9,12,14H,2-4,7-8,10-11H2,1H3. The third-order valence-electron chi connectivity index (χ3n) is 3.60. The van der Waals surface area contributed by atoms with E-state index in [1.165, 1.54) is 19.3 Å². The number of hydrogen-bond acceptors (Lipinski definition) is 3. The van der Waals surface area contributed by atoms with Gasteiger partial charge in [0.2, 0.25) is 0 Å². The van der Waals surface area contributed by atoms with E-state index in [1.807, 2.05) is 24.3 Å². The maximum atomic E-state index is 11.8. The van der Waals surface area contributed by atoms with Crippen molar-refractivity contribution in [1.82, 2.24) is 0 Å². The number of hydrogen-bond donors (Lipinski definition) is 0. The molecule has 0 aliphatic heterocycles. The second-order valence-electron chi connectivity index (χ2n) is 5.10. The summed E-state index contributed by atoms with van der Waals surface area (Å²) in [5.41, 5.74) is 1.11. The molecule has 1 fully saturated rings. The summed E-state index contributed by atoms with van der Waals surface area (Å²) >= 11 is 0. The molecule has 0 heterocycles. The topological polar surface area (TPSA) is 35.5 Å². The maximum Gasteiger partial charge on any atom is 0.306 e. The van der Waals surface area contributed by atoms with Crippen LogP contribution in [0.1, 0.15) is 44.1 Å². The van der Waals surface area contributed by atoms with Crippen LogP contribution in [0.3, 0.4) is 0 Å². The van der Waals surface area contributed by atoms with Crippen LogP contribution in [-0.4, -0.2) is 19.2 Å². The smallest absolute Gasteiger partial charge is 0.306 e. The van der Waals surface area contributed by atoms with Gasteiger partial charge in [-0.3, -0.25) is 4.79 Å². The van der Waals surface area contributed by atoms with E-state index in [0.29, 0.717) is 12.8 Å². The highest BCUT2D eigenvalue weighted by molar-refractivity contribution is 5.70. The van der Waals surface area contributed by atoms with Crippen LogP contribution < -0.4 is 4.74 Å². The van der Waals surface area contributed by atoms with Gasteiger partial charge in [-0.25, -0.2) is 0 Å². The minimum absolute atomic E-state index is 0.0743. The van der Waals surface area contributed by atoms with Crippen molar-refractivity contribution in [2.75, 3.05) is 7.11 Å². The molecule has 0 N–H and O–H groups in total. The molecule has 1 saturated carbocycles. The fourth-order valence-electron chi connectivity index (χ4n) is 2.50. The molecule has 0 amide bonds. The van der Waals surface area contributed by atoms with Crippen molar-refractivity contribution in [3.63, 3.8) is 0 Å². The summed E-state index contributed by atoms with van der Waals surface area (Å²) in [4.78, 5) is 11.8. The Balaban J connectivity index is 1.76. The van der Waals surface area contributed by atoms with Crippen LogP contribution in [0.25, 0.3) is 0 Å². The van der Waals surface area contributed by atoms with Crippen molar-refractivity contribution in [1.29, 1.82) is 0 Å². The quantitative estimate of drug-likeness (QED) is 0.762. The summed E-state index contributed by atoms with van der Waals surface area (Å²) in [5.74, 6) is 0.757. The van der Waals surface area contributed by atoms with Gasteiger partial charge in [-0.2, -0.15) is 0 Å². The summed E-state index contributed by atoms with van der Waals surface area (Å²) < 4.78 is 10.7. The Bertz CT molecular complexity index is 408. The molecule has 3 heteroatoms. The van der Waals surface area contributed by atoms with Crippen LogP contribution in [0.4, 0.5) is 0 Å². The maximum absolute atomic E-state index is 11.8. The highest BCUT2D eigenvalue weighted by Gasteiger charge is 2.17. The Morgan fingerprint density at radius 3 is 2.79 bits per heavy atom. The highest BCUT2D eigenvalue weighted by Crippen LogP contribution is 2.21. The predicted octanol–water partition coefficient (Wildman–Crippen LogP) is 3.50. The largest absolute Gasteiger partial charge is 0.497 e. The summed E-state index contributed by atoms with van der Waals surface area (Å²) in [6, 6.07) is 7.83. The Morgan fingerprint density at radius 1 is 1.26 bits per heavy atom. The normalized spacial score (nSPS) is 16.1. The van der Waals surface area contributed by atoms with Crippen LogP contribution in [0.2, 0.25) is 0 Å². The van der Waals surface area contributed by atoms with Gasteiger partial charge in [0, 0.05) is 6.42 Å². The SMILES string of the molecule is COc1cccc(CCC(=O)OC2CCCCC2)c1. The second-order valence-corrected chi connectivity index (χ2v) is 5.10. The van der Waals surface area contributed by atoms with Crippen LogP contribution in [0.5, 0.6) is 5.75 Å². The molecule has 1 aromatic carbocycles. The molecule has 104 valence electrons. The summed E-state index contributed by atoms with van der Waals surface area (Å²) in [5, 5.41) is 0. The van der Waals surface area contributed by atoms with Gasteiger partial charge >= 0.3 is 5.97 Å². The lowest BCUT2D eigenvalue weighted by molar-refractivity contribution is -0.150. The highest BCUT2D eigenvalue weighted by atomic mass is 16.5. The first-order valence-electron chi connectivity index (χ1n) is 7.10. The lowest BCUT2D eigenvalue weighted by atomic mass is 9.98. The van der Waals surface area contributed by atoms with Gasteiger partial charge in [0.25, 0.3) is 0 Å². The number of ether oxygens (including phenoxy) is 2. The van der Waals surface area contributed by atoms with Crippen molar-refractivity contribution in [3.05, 3.63) is 29.8 Å². The minimum Gasteiger partial charge on any atom is -0.497 e. The first kappa shape index (κ1) is 13.9. The van der Waals surface area contributed by atoms with Gasteiger partial charge in [-0.15, -0.1) is 0 Å². The Kier molecular flexibility index (Phi) is 5.25. The summed E-state index contributed by atoms with van der Waals surface area (Å²) in [7, 11) is 1.65. The monoisotopic (exact) mass is 262 g/mol. The van der Waals surface area contributed by atoms with Gasteiger partial charge in [0.05, 0.1) is 7.11 Å². The molecule has 3 nitrogen and oxygen atoms in total. The van der Waals surface area contributed by atoms with Gasteiger partial charge < -0.3 is 9.47 Å². The number of esters is 1. The van der Waals surface area contributed by atoms with E-state index >= 15 is 0 Å². The Hall–Kier alpha value is -1.51. The van der Waals surface area contributed by atoms with Gasteiger partial charge in [-0.05, 0) is 49.8 Å². The number of aryl methyl sites for hydroxylation is 1. The van der Waals surface area contributed by atoms with E-state index in [2.05, 4.69) is 0 Å². The van der Waals surface area contributed by atoms with E-state index in [0.717, 1.165) is 24.2 Å². The zero-order chi connectivity index (χ0) is 13.5. The molecule has 0 spiro atoms. The second kappa shape index (κ2) is 7.17. The predicted molar refractivity (Wildman–Crippen MR) is 74.3 cm³/mol. The molecule has 0 saturated heterocycles. The zero-order valence-electron chi connectivity index (χ0n) is 11.6. The number of methoxy groups -OCH3 is 1. The van der Waals surface area contributed by atoms with Crippen LogP contribution in [-0.2, 0) is 16.0 Å². The molecule has 0 atom stereocenters. The number of carbonyl (C=O) groups excluding carboxylic acids is 1. The lowest BCUT2D eigenvalue weighted by Crippen LogP contribution is -2.21. The van der Waals surface area contributed by atoms with E-state index in [9.17, 15) is 4.79 Å². The van der Waals surface area contributed by atoms with Crippen molar-refractivity contribution in [3.8, 4) is 5.75 Å². The zero-order valence-corrected chi connectivity index (χ0v) is 11.6. The van der Waals surface area contributed by atoms with E-state index in [1.54, 1.807) is 7.11 Å². The molecule has 1 aromatic rings. The molecule has 19 heavy (non-hydrogen) atoms. The Morgan fingerprint density at radius 2 is 2.05 bits per heavy atom. The van der Waals surface area contributed by atoms with Crippen molar-refractivity contribution >= 4 is 5.97 Å². The average Bonchev–Trinajstić information content (AvgIpc) is 2.46. The van der Waals surface area contributed by atoms with Gasteiger partial charge in [0.15, 0.2) is 0 Å². The van der Waals surface area contributed by atoms with Crippen LogP contribution in [0, 0.1) is 0 Å². The lowest BCUT2D eigenvalue weighted by Gasteiger charge is -2.21. The fourth-order valence-corrected chi connectivity index (χ4v) is 2.50. The third kappa shape index (κ3) is 4.58. The first-order valence-corrected chi connectivity index (χ1v) is 7.10. The minimum atomic E-state index is -0.0743. The molecule has 0 aromatic heterocycles. The molecule has 1 aliphatic rings. The number of rotatable bonds is 5. The number of carbonyl (C=O) groups is 1. The average molecular weight is 262 g/mol. The van der Waals surface area contributed by atoms with Crippen molar-refractivity contribution < 1.29 is 14.3 Å². The van der Waals surface area contributed by atoms with E-state index < -0.39 is 0 Å². The van der Waals surface area contributed by atoms with Crippen LogP contribution >= 0.6 is 0 Å². The van der Waals surface area contributed by atoms with Crippen LogP contribution in [0.15, 0.2) is 24.3 Å². The molecular weight excluding hydrogens is 240 g/mol. The molecule has 0 radical (unpaired) electrons. The first-order chi connectivity index (χ1) is 9.28. The fraction of sp³-hybridized carbons (Fsp3) is 0.562. The molecular formula is C16H22O3. The molecule has 1 aliphatic carbocycles.